The minimum atomic E-state index is -0.0785. The third-order valence-corrected chi connectivity index (χ3v) is 2.52. The molecule has 0 aromatic heterocycles. The molecule has 3 nitrogen and oxygen atoms in total. The Labute approximate surface area is 83.7 Å². The number of carbonyl (C=O) groups is 1. The summed E-state index contributed by atoms with van der Waals surface area (Å²) in [6.07, 6.45) is 0.0832. The van der Waals surface area contributed by atoms with Crippen molar-refractivity contribution in [3.05, 3.63) is 30.3 Å². The molecular weight excluding hydrogens is 176 g/mol. The van der Waals surface area contributed by atoms with E-state index in [1.807, 2.05) is 44.2 Å². The van der Waals surface area contributed by atoms with Gasteiger partial charge >= 0.3 is 0 Å². The number of rotatable bonds is 1. The number of hydrogen-bond donors (Lipinski definition) is 1. The average Bonchev–Trinajstić information content (AvgIpc) is 2.43. The fraction of sp³-hybridized carbons (Fsp3) is 0.364. The summed E-state index contributed by atoms with van der Waals surface area (Å²) in [4.78, 5) is 13.6. The van der Waals surface area contributed by atoms with E-state index in [4.69, 9.17) is 0 Å². The summed E-state index contributed by atoms with van der Waals surface area (Å²) in [6, 6.07) is 9.66. The highest BCUT2D eigenvalue weighted by molar-refractivity contribution is 5.99. The summed E-state index contributed by atoms with van der Waals surface area (Å²) in [7, 11) is 0. The third-order valence-electron chi connectivity index (χ3n) is 2.52. The van der Waals surface area contributed by atoms with Crippen LogP contribution in [0.2, 0.25) is 0 Å². The molecule has 74 valence electrons. The van der Waals surface area contributed by atoms with Crippen molar-refractivity contribution in [2.75, 3.05) is 4.90 Å². The molecule has 1 aromatic rings. The van der Waals surface area contributed by atoms with Crippen molar-refractivity contribution in [2.45, 2.75) is 26.1 Å². The number of carbonyl (C=O) groups excluding carboxylic acids is 1. The van der Waals surface area contributed by atoms with Gasteiger partial charge in [-0.05, 0) is 26.0 Å². The number of nitrogens with one attached hydrogen (secondary N) is 1. The molecule has 1 fully saturated rings. The van der Waals surface area contributed by atoms with E-state index in [1.54, 1.807) is 4.90 Å². The molecule has 0 radical (unpaired) electrons. The van der Waals surface area contributed by atoms with Gasteiger partial charge in [-0.2, -0.15) is 0 Å². The molecule has 1 aromatic carbocycles. The molecule has 1 aliphatic rings. The van der Waals surface area contributed by atoms with Crippen LogP contribution >= 0.6 is 0 Å². The van der Waals surface area contributed by atoms with Gasteiger partial charge in [-0.15, -0.1) is 0 Å². The van der Waals surface area contributed by atoms with Crippen LogP contribution in [0.1, 0.15) is 13.8 Å². The van der Waals surface area contributed by atoms with Gasteiger partial charge in [0.25, 0.3) is 0 Å². The zero-order valence-electron chi connectivity index (χ0n) is 8.40. The first kappa shape index (κ1) is 9.21. The van der Waals surface area contributed by atoms with Crippen LogP contribution in [0.5, 0.6) is 0 Å². The van der Waals surface area contributed by atoms with Gasteiger partial charge in [-0.3, -0.25) is 15.0 Å². The van der Waals surface area contributed by atoms with E-state index in [9.17, 15) is 4.79 Å². The Bertz CT molecular complexity index is 336. The molecule has 1 N–H and O–H groups in total. The number of anilines is 1. The van der Waals surface area contributed by atoms with Crippen LogP contribution in [0.3, 0.4) is 0 Å². The maximum Gasteiger partial charge on any atom is 0.245 e. The van der Waals surface area contributed by atoms with Gasteiger partial charge < -0.3 is 0 Å². The van der Waals surface area contributed by atoms with Crippen LogP contribution < -0.4 is 10.2 Å². The summed E-state index contributed by atoms with van der Waals surface area (Å²) >= 11 is 0. The Morgan fingerprint density at radius 2 is 1.86 bits per heavy atom. The smallest absolute Gasteiger partial charge is 0.245 e. The molecule has 2 unspecified atom stereocenters. The van der Waals surface area contributed by atoms with E-state index in [2.05, 4.69) is 5.32 Å². The lowest BCUT2D eigenvalue weighted by Gasteiger charge is -2.20. The Hall–Kier alpha value is -1.35. The SMILES string of the molecule is CC1NC(C)N(c2ccccc2)C1=O. The van der Waals surface area contributed by atoms with Crippen molar-refractivity contribution in [1.82, 2.24) is 5.32 Å². The standard InChI is InChI=1S/C11H14N2O/c1-8-11(14)13(9(2)12-8)10-6-4-3-5-7-10/h3-9,12H,1-2H3. The van der Waals surface area contributed by atoms with E-state index in [-0.39, 0.29) is 18.1 Å². The molecule has 14 heavy (non-hydrogen) atoms. The van der Waals surface area contributed by atoms with E-state index in [0.29, 0.717) is 0 Å². The molecule has 0 saturated carbocycles. The second kappa shape index (κ2) is 3.42. The van der Waals surface area contributed by atoms with Crippen LogP contribution in [-0.4, -0.2) is 18.1 Å². The zero-order chi connectivity index (χ0) is 10.1. The van der Waals surface area contributed by atoms with Gasteiger partial charge in [0.05, 0.1) is 12.2 Å². The van der Waals surface area contributed by atoms with Gasteiger partial charge in [-0.1, -0.05) is 18.2 Å². The second-order valence-electron chi connectivity index (χ2n) is 3.61. The monoisotopic (exact) mass is 190 g/mol. The highest BCUT2D eigenvalue weighted by Gasteiger charge is 2.33. The fourth-order valence-electron chi connectivity index (χ4n) is 1.85. The molecule has 1 saturated heterocycles. The number of amides is 1. The summed E-state index contributed by atoms with van der Waals surface area (Å²) < 4.78 is 0. The topological polar surface area (TPSA) is 32.3 Å². The molecular formula is C11H14N2O. The van der Waals surface area contributed by atoms with Crippen LogP contribution in [0.15, 0.2) is 30.3 Å². The lowest BCUT2D eigenvalue weighted by atomic mass is 10.2. The molecule has 1 heterocycles. The fourth-order valence-corrected chi connectivity index (χ4v) is 1.85. The van der Waals surface area contributed by atoms with Crippen LogP contribution in [0, 0.1) is 0 Å². The lowest BCUT2D eigenvalue weighted by Crippen LogP contribution is -2.34. The van der Waals surface area contributed by atoms with Crippen molar-refractivity contribution in [3.63, 3.8) is 0 Å². The molecule has 1 amide bonds. The average molecular weight is 190 g/mol. The van der Waals surface area contributed by atoms with E-state index < -0.39 is 0 Å². The predicted octanol–water partition coefficient (Wildman–Crippen LogP) is 1.36. The molecule has 2 rings (SSSR count). The minimum absolute atomic E-state index is 0.0785. The van der Waals surface area contributed by atoms with Gasteiger partial charge in [0.15, 0.2) is 0 Å². The zero-order valence-corrected chi connectivity index (χ0v) is 8.40. The van der Waals surface area contributed by atoms with Crippen molar-refractivity contribution >= 4 is 11.6 Å². The molecule has 3 heteroatoms. The largest absolute Gasteiger partial charge is 0.295 e. The van der Waals surface area contributed by atoms with Crippen molar-refractivity contribution in [3.8, 4) is 0 Å². The van der Waals surface area contributed by atoms with Gasteiger partial charge in [0.2, 0.25) is 5.91 Å². The molecule has 0 spiro atoms. The summed E-state index contributed by atoms with van der Waals surface area (Å²) in [5, 5.41) is 3.19. The summed E-state index contributed by atoms with van der Waals surface area (Å²) in [5.74, 6) is 0.142. The van der Waals surface area contributed by atoms with E-state index in [0.717, 1.165) is 5.69 Å². The molecule has 0 aliphatic carbocycles. The minimum Gasteiger partial charge on any atom is -0.295 e. The van der Waals surface area contributed by atoms with Crippen molar-refractivity contribution < 1.29 is 4.79 Å². The predicted molar refractivity (Wildman–Crippen MR) is 56.0 cm³/mol. The summed E-state index contributed by atoms with van der Waals surface area (Å²) in [5.41, 5.74) is 0.960. The quantitative estimate of drug-likeness (QED) is 0.725. The first-order valence-electron chi connectivity index (χ1n) is 4.84. The van der Waals surface area contributed by atoms with Gasteiger partial charge in [0.1, 0.15) is 0 Å². The normalized spacial score (nSPS) is 27.0. The van der Waals surface area contributed by atoms with Gasteiger partial charge in [0, 0.05) is 5.69 Å². The van der Waals surface area contributed by atoms with Crippen LogP contribution in [0.4, 0.5) is 5.69 Å². The molecule has 2 atom stereocenters. The number of benzene rings is 1. The van der Waals surface area contributed by atoms with E-state index >= 15 is 0 Å². The third kappa shape index (κ3) is 1.40. The first-order chi connectivity index (χ1) is 6.70. The van der Waals surface area contributed by atoms with Gasteiger partial charge in [-0.25, -0.2) is 0 Å². The highest BCUT2D eigenvalue weighted by Crippen LogP contribution is 2.20. The first-order valence-corrected chi connectivity index (χ1v) is 4.84. The maximum absolute atomic E-state index is 11.8. The number of para-hydroxylation sites is 1. The van der Waals surface area contributed by atoms with Crippen LogP contribution in [-0.2, 0) is 4.79 Å². The van der Waals surface area contributed by atoms with E-state index in [1.165, 1.54) is 0 Å². The Balaban J connectivity index is 2.31. The maximum atomic E-state index is 11.8. The Morgan fingerprint density at radius 1 is 1.21 bits per heavy atom. The lowest BCUT2D eigenvalue weighted by molar-refractivity contribution is -0.118. The number of nitrogens with zero attached hydrogens (tertiary/aromatic N) is 1. The Kier molecular flexibility index (Phi) is 2.25. The highest BCUT2D eigenvalue weighted by atomic mass is 16.2. The summed E-state index contributed by atoms with van der Waals surface area (Å²) in [6.45, 7) is 3.89. The second-order valence-corrected chi connectivity index (χ2v) is 3.61. The van der Waals surface area contributed by atoms with Crippen LogP contribution in [0.25, 0.3) is 0 Å². The molecule has 0 bridgehead atoms. The number of hydrogen-bond acceptors (Lipinski definition) is 2. The molecule has 1 aliphatic heterocycles. The van der Waals surface area contributed by atoms with Crippen molar-refractivity contribution in [1.29, 1.82) is 0 Å². The Morgan fingerprint density at radius 3 is 2.36 bits per heavy atom. The van der Waals surface area contributed by atoms with Crippen molar-refractivity contribution in [2.24, 2.45) is 0 Å².